The van der Waals surface area contributed by atoms with Crippen molar-refractivity contribution in [2.75, 3.05) is 31.6 Å². The minimum Gasteiger partial charge on any atom is -0.481 e. The Hall–Kier alpha value is -4.67. The van der Waals surface area contributed by atoms with Crippen LogP contribution in [0.15, 0.2) is 66.4 Å². The summed E-state index contributed by atoms with van der Waals surface area (Å²) in [4.78, 5) is 19.8. The lowest BCUT2D eigenvalue weighted by atomic mass is 10.1. The molecule has 0 saturated heterocycles. The number of pyridine rings is 2. The molecule has 1 aromatic carbocycles. The fourth-order valence-electron chi connectivity index (χ4n) is 3.19. The second-order valence-electron chi connectivity index (χ2n) is 7.25. The first-order chi connectivity index (χ1) is 16.9. The predicted molar refractivity (Wildman–Crippen MR) is 133 cm³/mol. The number of carbonyl (C=O) groups excluding carboxylic acids is 1. The molecular formula is C24H26FN7O3. The fraction of sp³-hybridized carbons (Fsp3) is 0.167. The zero-order valence-electron chi connectivity index (χ0n) is 19.5. The first-order valence-electron chi connectivity index (χ1n) is 10.4. The van der Waals surface area contributed by atoms with Gasteiger partial charge in [0.05, 0.1) is 14.2 Å². The molecule has 3 rings (SSSR count). The molecule has 0 bridgehead atoms. The number of amidine groups is 1. The summed E-state index contributed by atoms with van der Waals surface area (Å²) in [6, 6.07) is 12.5. The highest BCUT2D eigenvalue weighted by Crippen LogP contribution is 2.28. The van der Waals surface area contributed by atoms with E-state index in [1.54, 1.807) is 36.4 Å². The fourth-order valence-corrected chi connectivity index (χ4v) is 3.19. The molecular weight excluding hydrogens is 453 g/mol. The summed E-state index contributed by atoms with van der Waals surface area (Å²) in [7, 11) is 4.47. The second-order valence-corrected chi connectivity index (χ2v) is 7.25. The number of aromatic nitrogens is 2. The topological polar surface area (TPSA) is 127 Å². The third kappa shape index (κ3) is 6.22. The normalized spacial score (nSPS) is 11.8. The molecule has 11 heteroatoms. The monoisotopic (exact) mass is 479 g/mol. The maximum atomic E-state index is 14.3. The minimum absolute atomic E-state index is 0.0212. The van der Waals surface area contributed by atoms with Crippen LogP contribution in [0.2, 0.25) is 0 Å². The summed E-state index contributed by atoms with van der Waals surface area (Å²) in [5.74, 6) is 0.131. The number of carbonyl (C=O) groups is 1. The van der Waals surface area contributed by atoms with Gasteiger partial charge in [-0.1, -0.05) is 18.7 Å². The van der Waals surface area contributed by atoms with Crippen LogP contribution in [0.1, 0.15) is 17.2 Å². The standard InChI is InChI=1S/C24H26FN7O3/c1-15(26)16-7-9-18(10-8-16)29-22(17-12-20(34-3)30-21(13-17)35-4)23(28-14-33)31-32(2)24-19(25)6-5-11-27-24/h5-14,22,29H,1,26H2,2-4H3,(H,28,31,33). The van der Waals surface area contributed by atoms with Crippen molar-refractivity contribution >= 4 is 29.4 Å². The quantitative estimate of drug-likeness (QED) is 0.175. The van der Waals surface area contributed by atoms with Crippen molar-refractivity contribution in [1.29, 1.82) is 0 Å². The lowest BCUT2D eigenvalue weighted by Crippen LogP contribution is -2.35. The van der Waals surface area contributed by atoms with Gasteiger partial charge in [0.25, 0.3) is 0 Å². The van der Waals surface area contributed by atoms with Gasteiger partial charge in [-0.05, 0) is 35.4 Å². The molecule has 0 fully saturated rings. The lowest BCUT2D eigenvalue weighted by molar-refractivity contribution is -0.108. The molecule has 0 radical (unpaired) electrons. The van der Waals surface area contributed by atoms with Crippen molar-refractivity contribution in [2.45, 2.75) is 6.04 Å². The number of hydrazone groups is 1. The van der Waals surface area contributed by atoms with Crippen molar-refractivity contribution in [1.82, 2.24) is 15.3 Å². The van der Waals surface area contributed by atoms with Crippen LogP contribution in [0, 0.1) is 5.82 Å². The Labute approximate surface area is 202 Å². The van der Waals surface area contributed by atoms with Gasteiger partial charge in [0, 0.05) is 36.8 Å². The van der Waals surface area contributed by atoms with Crippen LogP contribution in [0.25, 0.3) is 5.70 Å². The summed E-state index contributed by atoms with van der Waals surface area (Å²) in [6.07, 6.45) is 1.92. The summed E-state index contributed by atoms with van der Waals surface area (Å²) in [5.41, 5.74) is 8.25. The molecule has 0 aliphatic carbocycles. The number of halogens is 1. The van der Waals surface area contributed by atoms with E-state index in [-0.39, 0.29) is 23.4 Å². The zero-order valence-corrected chi connectivity index (χ0v) is 19.5. The Morgan fingerprint density at radius 2 is 1.86 bits per heavy atom. The molecule has 2 heterocycles. The molecule has 182 valence electrons. The van der Waals surface area contributed by atoms with Crippen LogP contribution < -0.4 is 30.8 Å². The van der Waals surface area contributed by atoms with E-state index >= 15 is 0 Å². The van der Waals surface area contributed by atoms with E-state index in [0.717, 1.165) is 5.56 Å². The molecule has 35 heavy (non-hydrogen) atoms. The van der Waals surface area contributed by atoms with Crippen molar-refractivity contribution < 1.29 is 18.7 Å². The first kappa shape index (κ1) is 25.0. The Bertz CT molecular complexity index is 1200. The molecule has 0 spiro atoms. The molecule has 0 saturated carbocycles. The molecule has 10 nitrogen and oxygen atoms in total. The predicted octanol–water partition coefficient (Wildman–Crippen LogP) is 2.91. The molecule has 0 aliphatic rings. The van der Waals surface area contributed by atoms with Crippen LogP contribution in [-0.4, -0.2) is 43.5 Å². The van der Waals surface area contributed by atoms with E-state index in [9.17, 15) is 9.18 Å². The molecule has 1 amide bonds. The number of methoxy groups -OCH3 is 2. The van der Waals surface area contributed by atoms with Crippen molar-refractivity contribution in [3.63, 3.8) is 0 Å². The average Bonchev–Trinajstić information content (AvgIpc) is 2.87. The van der Waals surface area contributed by atoms with Gasteiger partial charge in [0.15, 0.2) is 17.5 Å². The number of benzene rings is 1. The van der Waals surface area contributed by atoms with Gasteiger partial charge < -0.3 is 25.8 Å². The summed E-state index contributed by atoms with van der Waals surface area (Å²) in [6.45, 7) is 3.74. The smallest absolute Gasteiger partial charge is 0.216 e. The van der Waals surface area contributed by atoms with E-state index in [4.69, 9.17) is 15.2 Å². The van der Waals surface area contributed by atoms with E-state index in [1.807, 2.05) is 0 Å². The Kier molecular flexibility index (Phi) is 8.17. The number of amides is 1. The molecule has 0 aliphatic heterocycles. The Morgan fingerprint density at radius 1 is 1.20 bits per heavy atom. The number of anilines is 2. The van der Waals surface area contributed by atoms with Gasteiger partial charge in [-0.25, -0.2) is 14.4 Å². The average molecular weight is 480 g/mol. The second kappa shape index (κ2) is 11.5. The van der Waals surface area contributed by atoms with Crippen LogP contribution in [0.4, 0.5) is 15.9 Å². The lowest BCUT2D eigenvalue weighted by Gasteiger charge is -2.24. The highest BCUT2D eigenvalue weighted by Gasteiger charge is 2.23. The number of rotatable bonds is 10. The first-order valence-corrected chi connectivity index (χ1v) is 10.4. The van der Waals surface area contributed by atoms with Gasteiger partial charge in [-0.15, -0.1) is 0 Å². The number of nitrogens with zero attached hydrogens (tertiary/aromatic N) is 4. The number of nitrogens with two attached hydrogens (primary N) is 1. The molecule has 4 N–H and O–H groups in total. The van der Waals surface area contributed by atoms with Crippen LogP contribution in [-0.2, 0) is 4.79 Å². The summed E-state index contributed by atoms with van der Waals surface area (Å²) < 4.78 is 24.9. The number of nitrogens with one attached hydrogen (secondary N) is 2. The maximum absolute atomic E-state index is 14.3. The van der Waals surface area contributed by atoms with Gasteiger partial charge >= 0.3 is 0 Å². The van der Waals surface area contributed by atoms with Gasteiger partial charge in [0.1, 0.15) is 6.04 Å². The highest BCUT2D eigenvalue weighted by atomic mass is 19.1. The van der Waals surface area contributed by atoms with Gasteiger partial charge in [-0.2, -0.15) is 10.1 Å². The van der Waals surface area contributed by atoms with Crippen molar-refractivity contribution in [3.8, 4) is 11.8 Å². The van der Waals surface area contributed by atoms with Crippen LogP contribution >= 0.6 is 0 Å². The number of hydrogen-bond donors (Lipinski definition) is 3. The number of ether oxygens (including phenoxy) is 2. The maximum Gasteiger partial charge on any atom is 0.216 e. The minimum atomic E-state index is -0.743. The summed E-state index contributed by atoms with van der Waals surface area (Å²) in [5, 5.41) is 11.6. The van der Waals surface area contributed by atoms with Gasteiger partial charge in [0.2, 0.25) is 18.2 Å². The van der Waals surface area contributed by atoms with E-state index < -0.39 is 11.9 Å². The third-order valence-electron chi connectivity index (χ3n) is 4.90. The van der Waals surface area contributed by atoms with Crippen LogP contribution in [0.3, 0.4) is 0 Å². The zero-order chi connectivity index (χ0) is 25.4. The SMILES string of the molecule is C=C(N)c1ccc(NC(/C(=N/N(C)c2ncccc2F)NC=O)c2cc(OC)nc(OC)c2)cc1. The Morgan fingerprint density at radius 3 is 2.40 bits per heavy atom. The Balaban J connectivity index is 2.11. The van der Waals surface area contributed by atoms with E-state index in [0.29, 0.717) is 23.4 Å². The number of hydrogen-bond acceptors (Lipinski definition) is 9. The largest absolute Gasteiger partial charge is 0.481 e. The van der Waals surface area contributed by atoms with E-state index in [1.165, 1.54) is 44.6 Å². The summed E-state index contributed by atoms with van der Waals surface area (Å²) >= 11 is 0. The van der Waals surface area contributed by atoms with Crippen molar-refractivity contribution in [3.05, 3.63) is 78.3 Å². The van der Waals surface area contributed by atoms with Crippen molar-refractivity contribution in [2.24, 2.45) is 10.8 Å². The molecule has 1 atom stereocenters. The highest BCUT2D eigenvalue weighted by molar-refractivity contribution is 5.97. The third-order valence-corrected chi connectivity index (χ3v) is 4.90. The molecule has 2 aromatic heterocycles. The van der Waals surface area contributed by atoms with Crippen LogP contribution in [0.5, 0.6) is 11.8 Å². The van der Waals surface area contributed by atoms with E-state index in [2.05, 4.69) is 32.3 Å². The van der Waals surface area contributed by atoms with Gasteiger partial charge in [-0.3, -0.25) is 4.79 Å². The molecule has 3 aromatic rings. The molecule has 1 unspecified atom stereocenters.